The number of carbonyl (C=O) groups is 1. The van der Waals surface area contributed by atoms with Gasteiger partial charge in [0.25, 0.3) is 0 Å². The molecule has 3 nitrogen and oxygen atoms in total. The van der Waals surface area contributed by atoms with E-state index in [9.17, 15) is 9.18 Å². The molecule has 0 amide bonds. The second kappa shape index (κ2) is 8.54. The summed E-state index contributed by atoms with van der Waals surface area (Å²) < 4.78 is 22.2. The molecule has 0 saturated carbocycles. The summed E-state index contributed by atoms with van der Waals surface area (Å²) in [6.07, 6.45) is 2.62. The fraction of sp³-hybridized carbons (Fsp3) is 0.192. The van der Waals surface area contributed by atoms with Crippen LogP contribution in [0.15, 0.2) is 72.9 Å². The van der Waals surface area contributed by atoms with Crippen LogP contribution in [0.5, 0.6) is 5.75 Å². The van der Waals surface area contributed by atoms with E-state index in [0.29, 0.717) is 18.7 Å². The number of carbonyl (C=O) groups excluding carboxylic acids is 1. The Kier molecular flexibility index (Phi) is 5.66. The summed E-state index contributed by atoms with van der Waals surface area (Å²) in [5.74, 6) is 0.110. The second-order valence-electron chi connectivity index (χ2n) is 7.53. The quantitative estimate of drug-likeness (QED) is 0.277. The van der Waals surface area contributed by atoms with Crippen LogP contribution in [0.2, 0.25) is 0 Å². The molecular weight excluding hydrogens is 377 g/mol. The van der Waals surface area contributed by atoms with Crippen LogP contribution < -0.4 is 4.74 Å². The van der Waals surface area contributed by atoms with Gasteiger partial charge in [-0.1, -0.05) is 42.5 Å². The highest BCUT2D eigenvalue weighted by atomic mass is 19.1. The second-order valence-corrected chi connectivity index (χ2v) is 7.53. The monoisotopic (exact) mass is 401 g/mol. The Bertz CT molecular complexity index is 1210. The maximum atomic E-state index is 14.2. The lowest BCUT2D eigenvalue weighted by Crippen LogP contribution is -2.05. The van der Waals surface area contributed by atoms with Crippen molar-refractivity contribution in [1.82, 2.24) is 4.57 Å². The fourth-order valence-corrected chi connectivity index (χ4v) is 3.68. The van der Waals surface area contributed by atoms with E-state index in [1.165, 1.54) is 17.7 Å². The molecule has 0 fully saturated rings. The first-order valence-corrected chi connectivity index (χ1v) is 10.1. The summed E-state index contributed by atoms with van der Waals surface area (Å²) in [6, 6.07) is 20.0. The zero-order valence-electron chi connectivity index (χ0n) is 17.2. The first kappa shape index (κ1) is 19.9. The summed E-state index contributed by atoms with van der Waals surface area (Å²) in [6.45, 7) is 5.37. The van der Waals surface area contributed by atoms with Gasteiger partial charge in [-0.15, -0.1) is 0 Å². The number of nitrogens with zero attached hydrogens (tertiary/aromatic N) is 1. The summed E-state index contributed by atoms with van der Waals surface area (Å²) in [5.41, 5.74) is 3.86. The predicted octanol–water partition coefficient (Wildman–Crippen LogP) is 6.10. The first-order valence-electron chi connectivity index (χ1n) is 10.1. The molecular formula is C26H24FNO2. The number of para-hydroxylation sites is 1. The Morgan fingerprint density at radius 2 is 1.73 bits per heavy atom. The Hall–Kier alpha value is -3.40. The largest absolute Gasteiger partial charge is 0.493 e. The first-order chi connectivity index (χ1) is 14.5. The van der Waals surface area contributed by atoms with E-state index >= 15 is 0 Å². The van der Waals surface area contributed by atoms with Gasteiger partial charge in [-0.3, -0.25) is 4.79 Å². The molecule has 4 rings (SSSR count). The number of ketones is 1. The van der Waals surface area contributed by atoms with E-state index in [-0.39, 0.29) is 11.3 Å². The van der Waals surface area contributed by atoms with Crippen molar-refractivity contribution in [2.75, 3.05) is 6.61 Å². The number of hydrogen-bond acceptors (Lipinski definition) is 2. The lowest BCUT2D eigenvalue weighted by molar-refractivity contribution is 0.103. The van der Waals surface area contributed by atoms with E-state index in [1.54, 1.807) is 12.1 Å². The molecule has 0 aliphatic heterocycles. The Morgan fingerprint density at radius 3 is 2.57 bits per heavy atom. The van der Waals surface area contributed by atoms with Gasteiger partial charge in [-0.2, -0.15) is 0 Å². The number of benzene rings is 3. The third-order valence-electron chi connectivity index (χ3n) is 5.30. The number of aryl methyl sites for hydroxylation is 3. The molecule has 0 bridgehead atoms. The van der Waals surface area contributed by atoms with Crippen LogP contribution in [0.1, 0.15) is 33.5 Å². The summed E-state index contributed by atoms with van der Waals surface area (Å²) in [4.78, 5) is 13.0. The van der Waals surface area contributed by atoms with Gasteiger partial charge in [-0.05, 0) is 55.7 Å². The number of hydrogen-bond donors (Lipinski definition) is 0. The maximum Gasteiger partial charge on any atom is 0.198 e. The van der Waals surface area contributed by atoms with E-state index in [4.69, 9.17) is 4.74 Å². The van der Waals surface area contributed by atoms with Gasteiger partial charge in [0.05, 0.1) is 12.2 Å². The highest BCUT2D eigenvalue weighted by Crippen LogP contribution is 2.25. The summed E-state index contributed by atoms with van der Waals surface area (Å²) in [5, 5.41) is 0.834. The van der Waals surface area contributed by atoms with E-state index in [2.05, 4.69) is 16.7 Å². The number of ether oxygens (including phenoxy) is 1. The van der Waals surface area contributed by atoms with Crippen molar-refractivity contribution in [3.05, 3.63) is 101 Å². The molecule has 4 aromatic rings. The minimum atomic E-state index is -0.499. The van der Waals surface area contributed by atoms with Crippen molar-refractivity contribution in [3.8, 4) is 5.75 Å². The summed E-state index contributed by atoms with van der Waals surface area (Å²) in [7, 11) is 0. The third-order valence-corrected chi connectivity index (χ3v) is 5.30. The average Bonchev–Trinajstić information content (AvgIpc) is 3.12. The topological polar surface area (TPSA) is 31.2 Å². The zero-order valence-corrected chi connectivity index (χ0v) is 17.2. The van der Waals surface area contributed by atoms with E-state index in [1.807, 2.05) is 50.4 Å². The normalized spacial score (nSPS) is 11.0. The predicted molar refractivity (Wildman–Crippen MR) is 118 cm³/mol. The Labute approximate surface area is 175 Å². The molecule has 0 unspecified atom stereocenters. The van der Waals surface area contributed by atoms with Crippen LogP contribution >= 0.6 is 0 Å². The number of rotatable bonds is 7. The van der Waals surface area contributed by atoms with Crippen molar-refractivity contribution in [2.45, 2.75) is 26.8 Å². The average molecular weight is 401 g/mol. The third kappa shape index (κ3) is 3.99. The lowest BCUT2D eigenvalue weighted by Gasteiger charge is -2.10. The standard InChI is InChI=1S/C26H24FNO2/c1-18-12-13-19(2)25(16-18)30-15-7-14-28-17-22(20-8-4-6-11-24(20)28)26(29)21-9-3-5-10-23(21)27/h3-6,8-13,16-17H,7,14-15H2,1-2H3. The van der Waals surface area contributed by atoms with Crippen LogP contribution in [-0.4, -0.2) is 17.0 Å². The molecule has 3 aromatic carbocycles. The summed E-state index contributed by atoms with van der Waals surface area (Å²) >= 11 is 0. The number of fused-ring (bicyclic) bond motifs is 1. The highest BCUT2D eigenvalue weighted by Gasteiger charge is 2.19. The van der Waals surface area contributed by atoms with Crippen molar-refractivity contribution in [1.29, 1.82) is 0 Å². The van der Waals surface area contributed by atoms with Crippen LogP contribution in [-0.2, 0) is 6.54 Å². The van der Waals surface area contributed by atoms with Crippen LogP contribution in [0.25, 0.3) is 10.9 Å². The van der Waals surface area contributed by atoms with Gasteiger partial charge in [0.2, 0.25) is 0 Å². The van der Waals surface area contributed by atoms with Gasteiger partial charge in [0.15, 0.2) is 5.78 Å². The molecule has 0 spiro atoms. The van der Waals surface area contributed by atoms with Crippen LogP contribution in [0.3, 0.4) is 0 Å². The van der Waals surface area contributed by atoms with Gasteiger partial charge in [-0.25, -0.2) is 4.39 Å². The number of halogens is 1. The lowest BCUT2D eigenvalue weighted by atomic mass is 10.0. The SMILES string of the molecule is Cc1ccc(C)c(OCCCn2cc(C(=O)c3ccccc3F)c3ccccc32)c1. The Morgan fingerprint density at radius 1 is 0.967 bits per heavy atom. The van der Waals surface area contributed by atoms with Crippen LogP contribution in [0.4, 0.5) is 4.39 Å². The minimum absolute atomic E-state index is 0.0960. The molecule has 30 heavy (non-hydrogen) atoms. The molecule has 0 saturated heterocycles. The van der Waals surface area contributed by atoms with Crippen LogP contribution in [0, 0.1) is 19.7 Å². The number of aromatic nitrogens is 1. The van der Waals surface area contributed by atoms with Gasteiger partial charge >= 0.3 is 0 Å². The molecule has 152 valence electrons. The molecule has 1 heterocycles. The van der Waals surface area contributed by atoms with Crippen molar-refractivity contribution in [2.24, 2.45) is 0 Å². The van der Waals surface area contributed by atoms with Gasteiger partial charge in [0.1, 0.15) is 11.6 Å². The molecule has 0 N–H and O–H groups in total. The molecule has 0 aliphatic rings. The van der Waals surface area contributed by atoms with Gasteiger partial charge < -0.3 is 9.30 Å². The van der Waals surface area contributed by atoms with Crippen molar-refractivity contribution < 1.29 is 13.9 Å². The van der Waals surface area contributed by atoms with E-state index in [0.717, 1.165) is 28.6 Å². The molecule has 0 aliphatic carbocycles. The molecule has 0 atom stereocenters. The van der Waals surface area contributed by atoms with E-state index < -0.39 is 5.82 Å². The molecule has 4 heteroatoms. The van der Waals surface area contributed by atoms with Gasteiger partial charge in [0, 0.05) is 29.2 Å². The smallest absolute Gasteiger partial charge is 0.198 e. The minimum Gasteiger partial charge on any atom is -0.493 e. The fourth-order valence-electron chi connectivity index (χ4n) is 3.68. The maximum absolute atomic E-state index is 14.2. The molecule has 1 aromatic heterocycles. The highest BCUT2D eigenvalue weighted by molar-refractivity contribution is 6.16. The van der Waals surface area contributed by atoms with Crippen molar-refractivity contribution in [3.63, 3.8) is 0 Å². The van der Waals surface area contributed by atoms with Crippen molar-refractivity contribution >= 4 is 16.7 Å². The Balaban J connectivity index is 1.53. The molecule has 0 radical (unpaired) electrons. The zero-order chi connectivity index (χ0) is 21.1.